The van der Waals surface area contributed by atoms with Gasteiger partial charge in [0.25, 0.3) is 0 Å². The van der Waals surface area contributed by atoms with Crippen LogP contribution in [0.5, 0.6) is 0 Å². The molecule has 1 aliphatic rings. The van der Waals surface area contributed by atoms with E-state index in [1.54, 1.807) is 0 Å². The van der Waals surface area contributed by atoms with E-state index in [0.29, 0.717) is 5.92 Å². The lowest BCUT2D eigenvalue weighted by atomic mass is 9.89. The molecule has 2 aromatic carbocycles. The highest BCUT2D eigenvalue weighted by Crippen LogP contribution is 2.26. The van der Waals surface area contributed by atoms with Crippen molar-refractivity contribution >= 4 is 29.1 Å². The summed E-state index contributed by atoms with van der Waals surface area (Å²) in [6.07, 6.45) is 2.04. The Hall–Kier alpha value is -1.58. The monoisotopic (exact) mass is 346 g/mol. The minimum Gasteiger partial charge on any atom is -0.342 e. The third-order valence-corrected chi connectivity index (χ3v) is 5.24. The van der Waals surface area contributed by atoms with E-state index in [9.17, 15) is 4.79 Å². The van der Waals surface area contributed by atoms with Crippen molar-refractivity contribution in [3.8, 4) is 0 Å². The number of carbonyl (C=O) groups excluding carboxylic acids is 1. The van der Waals surface area contributed by atoms with Crippen molar-refractivity contribution < 1.29 is 4.79 Å². The van der Waals surface area contributed by atoms with Gasteiger partial charge in [0.2, 0.25) is 5.91 Å². The largest absolute Gasteiger partial charge is 0.342 e. The molecule has 1 aliphatic heterocycles. The Morgan fingerprint density at radius 3 is 2.33 bits per heavy atom. The van der Waals surface area contributed by atoms with Crippen LogP contribution in [-0.2, 0) is 4.79 Å². The number of carbonyl (C=O) groups is 1. The highest BCUT2D eigenvalue weighted by Gasteiger charge is 2.28. The second kappa shape index (κ2) is 8.00. The lowest BCUT2D eigenvalue weighted by Gasteiger charge is -2.35. The number of benzene rings is 2. The zero-order chi connectivity index (χ0) is 16.4. The molecule has 0 bridgehead atoms. The first kappa shape index (κ1) is 18.8. The number of likely N-dealkylation sites (tertiary alicyclic amines) is 1. The molecule has 0 saturated carbocycles. The predicted molar refractivity (Wildman–Crippen MR) is 103 cm³/mol. The standard InChI is InChI=1S/C20H26N2O.ClH/c1-14(18-8-7-17-5-3-4-6-19(17)13-18)20(23)22-11-9-16(10-12-22)15(2)21;/h3-8,13-16H,9-12,21H2,1-2H3;1H. The Kier molecular flexibility index (Phi) is 6.25. The summed E-state index contributed by atoms with van der Waals surface area (Å²) in [5, 5.41) is 2.41. The third kappa shape index (κ3) is 3.90. The SMILES string of the molecule is CC(C(=O)N1CCC(C(C)N)CC1)c1ccc2ccccc2c1.Cl. The number of piperidine rings is 1. The van der Waals surface area contributed by atoms with E-state index >= 15 is 0 Å². The van der Waals surface area contributed by atoms with E-state index in [4.69, 9.17) is 5.73 Å². The van der Waals surface area contributed by atoms with E-state index < -0.39 is 0 Å². The van der Waals surface area contributed by atoms with E-state index in [1.807, 2.05) is 24.0 Å². The van der Waals surface area contributed by atoms with Crippen LogP contribution in [-0.4, -0.2) is 29.9 Å². The fraction of sp³-hybridized carbons (Fsp3) is 0.450. The van der Waals surface area contributed by atoms with Crippen LogP contribution in [0.4, 0.5) is 0 Å². The average molecular weight is 347 g/mol. The molecular formula is C20H27ClN2O. The normalized spacial score (nSPS) is 18.0. The van der Waals surface area contributed by atoms with Crippen molar-refractivity contribution in [1.29, 1.82) is 0 Å². The molecule has 3 rings (SSSR count). The molecule has 1 saturated heterocycles. The van der Waals surface area contributed by atoms with Gasteiger partial charge in [-0.2, -0.15) is 0 Å². The number of hydrogen-bond acceptors (Lipinski definition) is 2. The van der Waals surface area contributed by atoms with Gasteiger partial charge in [0.15, 0.2) is 0 Å². The zero-order valence-corrected chi connectivity index (χ0v) is 15.3. The van der Waals surface area contributed by atoms with Crippen LogP contribution in [0, 0.1) is 5.92 Å². The smallest absolute Gasteiger partial charge is 0.229 e. The average Bonchev–Trinajstić information content (AvgIpc) is 2.60. The molecule has 0 aromatic heterocycles. The van der Waals surface area contributed by atoms with Gasteiger partial charge in [-0.3, -0.25) is 4.79 Å². The third-order valence-electron chi connectivity index (χ3n) is 5.24. The van der Waals surface area contributed by atoms with Crippen LogP contribution >= 0.6 is 12.4 Å². The topological polar surface area (TPSA) is 46.3 Å². The van der Waals surface area contributed by atoms with Crippen molar-refractivity contribution in [2.75, 3.05) is 13.1 Å². The van der Waals surface area contributed by atoms with Gasteiger partial charge in [0.1, 0.15) is 0 Å². The second-order valence-corrected chi connectivity index (χ2v) is 6.85. The Morgan fingerprint density at radius 2 is 1.71 bits per heavy atom. The van der Waals surface area contributed by atoms with E-state index in [1.165, 1.54) is 10.8 Å². The van der Waals surface area contributed by atoms with Gasteiger partial charge in [-0.25, -0.2) is 0 Å². The Balaban J connectivity index is 0.00000208. The molecule has 2 unspecified atom stereocenters. The molecule has 0 aliphatic carbocycles. The Bertz CT molecular complexity index is 693. The second-order valence-electron chi connectivity index (χ2n) is 6.85. The Labute approximate surface area is 150 Å². The zero-order valence-electron chi connectivity index (χ0n) is 14.4. The summed E-state index contributed by atoms with van der Waals surface area (Å²) in [6, 6.07) is 14.8. The maximum absolute atomic E-state index is 12.8. The van der Waals surface area contributed by atoms with Gasteiger partial charge in [-0.15, -0.1) is 12.4 Å². The lowest BCUT2D eigenvalue weighted by Crippen LogP contribution is -2.43. The molecule has 2 atom stereocenters. The van der Waals surface area contributed by atoms with Crippen molar-refractivity contribution in [2.24, 2.45) is 11.7 Å². The number of fused-ring (bicyclic) bond motifs is 1. The highest BCUT2D eigenvalue weighted by atomic mass is 35.5. The molecule has 2 aromatic rings. The summed E-state index contributed by atoms with van der Waals surface area (Å²) in [6.45, 7) is 5.76. The molecule has 24 heavy (non-hydrogen) atoms. The van der Waals surface area contributed by atoms with Crippen molar-refractivity contribution in [2.45, 2.75) is 38.6 Å². The summed E-state index contributed by atoms with van der Waals surface area (Å²) in [4.78, 5) is 14.8. The van der Waals surface area contributed by atoms with Gasteiger partial charge in [0.05, 0.1) is 5.92 Å². The van der Waals surface area contributed by atoms with Crippen LogP contribution in [0.2, 0.25) is 0 Å². The fourth-order valence-corrected chi connectivity index (χ4v) is 3.54. The number of rotatable bonds is 3. The summed E-state index contributed by atoms with van der Waals surface area (Å²) >= 11 is 0. The summed E-state index contributed by atoms with van der Waals surface area (Å²) in [5.74, 6) is 0.699. The van der Waals surface area contributed by atoms with Crippen LogP contribution < -0.4 is 5.73 Å². The van der Waals surface area contributed by atoms with Crippen molar-refractivity contribution in [1.82, 2.24) is 4.90 Å². The van der Waals surface area contributed by atoms with Crippen LogP contribution in [0.15, 0.2) is 42.5 Å². The first-order valence-electron chi connectivity index (χ1n) is 8.59. The van der Waals surface area contributed by atoms with E-state index in [-0.39, 0.29) is 30.3 Å². The molecule has 1 amide bonds. The lowest BCUT2D eigenvalue weighted by molar-refractivity contribution is -0.133. The first-order chi connectivity index (χ1) is 11.1. The number of nitrogens with zero attached hydrogens (tertiary/aromatic N) is 1. The first-order valence-corrected chi connectivity index (χ1v) is 8.59. The van der Waals surface area contributed by atoms with Crippen molar-refractivity contribution in [3.05, 3.63) is 48.0 Å². The maximum Gasteiger partial charge on any atom is 0.229 e. The number of nitrogens with two attached hydrogens (primary N) is 1. The molecule has 3 nitrogen and oxygen atoms in total. The van der Waals surface area contributed by atoms with Gasteiger partial charge in [0, 0.05) is 19.1 Å². The van der Waals surface area contributed by atoms with Crippen LogP contribution in [0.25, 0.3) is 10.8 Å². The Morgan fingerprint density at radius 1 is 1.08 bits per heavy atom. The van der Waals surface area contributed by atoms with Gasteiger partial charge in [-0.1, -0.05) is 42.5 Å². The van der Waals surface area contributed by atoms with Gasteiger partial charge >= 0.3 is 0 Å². The van der Waals surface area contributed by atoms with Gasteiger partial charge in [-0.05, 0) is 48.9 Å². The van der Waals surface area contributed by atoms with E-state index in [0.717, 1.165) is 31.5 Å². The molecule has 0 spiro atoms. The highest BCUT2D eigenvalue weighted by molar-refractivity contribution is 5.87. The van der Waals surface area contributed by atoms with Crippen molar-refractivity contribution in [3.63, 3.8) is 0 Å². The minimum absolute atomic E-state index is 0. The van der Waals surface area contributed by atoms with Gasteiger partial charge < -0.3 is 10.6 Å². The molecular weight excluding hydrogens is 320 g/mol. The van der Waals surface area contributed by atoms with E-state index in [2.05, 4.69) is 37.3 Å². The van der Waals surface area contributed by atoms with Crippen LogP contribution in [0.3, 0.4) is 0 Å². The molecule has 0 radical (unpaired) electrons. The summed E-state index contributed by atoms with van der Waals surface area (Å²) < 4.78 is 0. The minimum atomic E-state index is -0.0912. The predicted octanol–water partition coefficient (Wildman–Crippen LogP) is 3.95. The number of halogens is 1. The maximum atomic E-state index is 12.8. The molecule has 1 heterocycles. The molecule has 1 fully saturated rings. The molecule has 130 valence electrons. The summed E-state index contributed by atoms with van der Waals surface area (Å²) in [5.41, 5.74) is 7.09. The number of hydrogen-bond donors (Lipinski definition) is 1. The molecule has 2 N–H and O–H groups in total. The summed E-state index contributed by atoms with van der Waals surface area (Å²) in [7, 11) is 0. The molecule has 4 heteroatoms. The quantitative estimate of drug-likeness (QED) is 0.914. The van der Waals surface area contributed by atoms with Crippen LogP contribution in [0.1, 0.15) is 38.2 Å². The fourth-order valence-electron chi connectivity index (χ4n) is 3.54. The number of amides is 1.